The Labute approximate surface area is 153 Å². The predicted molar refractivity (Wildman–Crippen MR) is 97.6 cm³/mol. The van der Waals surface area contributed by atoms with Crippen molar-refractivity contribution in [2.75, 3.05) is 13.1 Å². The van der Waals surface area contributed by atoms with Crippen molar-refractivity contribution < 1.29 is 9.15 Å². The molecule has 1 aliphatic rings. The van der Waals surface area contributed by atoms with Crippen LogP contribution in [0.5, 0.6) is 0 Å². The number of hydrogen-bond donors (Lipinski definition) is 0. The lowest BCUT2D eigenvalue weighted by Gasteiger charge is -2.35. The molecular weight excluding hydrogens is 330 g/mol. The van der Waals surface area contributed by atoms with Crippen LogP contribution >= 0.6 is 0 Å². The number of rotatable bonds is 5. The summed E-state index contributed by atoms with van der Waals surface area (Å²) in [5, 5.41) is 8.07. The molecule has 0 bridgehead atoms. The third kappa shape index (κ3) is 3.37. The maximum atomic E-state index is 6.03. The number of morpholine rings is 1. The Morgan fingerprint density at radius 1 is 1.19 bits per heavy atom. The number of nitrogens with zero attached hydrogens (tertiary/aromatic N) is 5. The van der Waals surface area contributed by atoms with E-state index in [0.717, 1.165) is 43.9 Å². The first kappa shape index (κ1) is 17.2. The molecule has 1 aliphatic heterocycles. The third-order valence-corrected chi connectivity index (χ3v) is 4.70. The quantitative estimate of drug-likeness (QED) is 0.700. The minimum absolute atomic E-state index is 0.102. The molecule has 0 unspecified atom stereocenters. The number of ether oxygens (including phenoxy) is 1. The van der Waals surface area contributed by atoms with Crippen LogP contribution in [0.4, 0.5) is 0 Å². The van der Waals surface area contributed by atoms with Crippen molar-refractivity contribution in [3.8, 4) is 0 Å². The van der Waals surface area contributed by atoms with Crippen molar-refractivity contribution in [2.45, 2.75) is 52.5 Å². The molecule has 7 nitrogen and oxygen atoms in total. The van der Waals surface area contributed by atoms with Crippen molar-refractivity contribution in [3.05, 3.63) is 41.9 Å². The second-order valence-corrected chi connectivity index (χ2v) is 6.96. The minimum Gasteiger partial charge on any atom is -0.423 e. The number of hydrogen-bond acceptors (Lipinski definition) is 6. The Bertz CT molecular complexity index is 887. The smallest absolute Gasteiger partial charge is 0.246 e. The molecule has 4 rings (SSSR count). The zero-order valence-corrected chi connectivity index (χ0v) is 15.6. The van der Waals surface area contributed by atoms with E-state index in [-0.39, 0.29) is 12.2 Å². The molecule has 1 saturated heterocycles. The van der Waals surface area contributed by atoms with E-state index in [1.807, 2.05) is 6.07 Å². The summed E-state index contributed by atoms with van der Waals surface area (Å²) < 4.78 is 13.9. The number of imidazole rings is 1. The Morgan fingerprint density at radius 3 is 2.81 bits per heavy atom. The van der Waals surface area contributed by atoms with E-state index in [4.69, 9.17) is 14.1 Å². The van der Waals surface area contributed by atoms with Gasteiger partial charge in [0.25, 0.3) is 0 Å². The highest BCUT2D eigenvalue weighted by molar-refractivity contribution is 5.75. The largest absolute Gasteiger partial charge is 0.423 e. The van der Waals surface area contributed by atoms with E-state index < -0.39 is 0 Å². The van der Waals surface area contributed by atoms with Crippen LogP contribution in [0.1, 0.15) is 44.0 Å². The van der Waals surface area contributed by atoms with E-state index in [0.29, 0.717) is 11.8 Å². The van der Waals surface area contributed by atoms with Crippen LogP contribution in [0.2, 0.25) is 0 Å². The zero-order valence-electron chi connectivity index (χ0n) is 15.6. The summed E-state index contributed by atoms with van der Waals surface area (Å²) in [4.78, 5) is 7.25. The van der Waals surface area contributed by atoms with Crippen LogP contribution < -0.4 is 0 Å². The summed E-state index contributed by atoms with van der Waals surface area (Å²) in [5.74, 6) is 2.22. The lowest BCUT2D eigenvalue weighted by atomic mass is 10.2. The Hall–Kier alpha value is -2.25. The van der Waals surface area contributed by atoms with Gasteiger partial charge in [-0.25, -0.2) is 4.98 Å². The summed E-state index contributed by atoms with van der Waals surface area (Å²) in [6.45, 7) is 9.42. The van der Waals surface area contributed by atoms with Crippen molar-refractivity contribution in [1.29, 1.82) is 0 Å². The van der Waals surface area contributed by atoms with Gasteiger partial charge in [-0.3, -0.25) is 4.90 Å². The molecule has 26 heavy (non-hydrogen) atoms. The van der Waals surface area contributed by atoms with Crippen LogP contribution in [0, 0.1) is 6.92 Å². The van der Waals surface area contributed by atoms with Gasteiger partial charge in [0.1, 0.15) is 11.9 Å². The van der Waals surface area contributed by atoms with Gasteiger partial charge in [-0.15, -0.1) is 10.2 Å². The molecule has 7 heteroatoms. The summed E-state index contributed by atoms with van der Waals surface area (Å²) in [5.41, 5.74) is 2.26. The lowest BCUT2D eigenvalue weighted by Crippen LogP contribution is -2.42. The Morgan fingerprint density at radius 2 is 2.04 bits per heavy atom. The van der Waals surface area contributed by atoms with Gasteiger partial charge in [-0.1, -0.05) is 19.1 Å². The average molecular weight is 355 g/mol. The SMILES string of the molecule is CCCn1c(CN2C[C@@H](C)O[C@@H](c3nnc(C)o3)C2)nc2ccccc21. The average Bonchev–Trinajstić information content (AvgIpc) is 3.19. The molecule has 0 saturated carbocycles. The second kappa shape index (κ2) is 7.17. The van der Waals surface area contributed by atoms with Crippen LogP contribution in [0.3, 0.4) is 0 Å². The molecule has 3 heterocycles. The van der Waals surface area contributed by atoms with Gasteiger partial charge < -0.3 is 13.7 Å². The second-order valence-electron chi connectivity index (χ2n) is 6.96. The topological polar surface area (TPSA) is 69.2 Å². The maximum absolute atomic E-state index is 6.03. The van der Waals surface area contributed by atoms with E-state index in [1.54, 1.807) is 6.92 Å². The molecule has 1 aromatic carbocycles. The van der Waals surface area contributed by atoms with Gasteiger partial charge in [0.2, 0.25) is 11.8 Å². The fourth-order valence-corrected chi connectivity index (χ4v) is 3.67. The number of aromatic nitrogens is 4. The van der Waals surface area contributed by atoms with Gasteiger partial charge in [0.05, 0.1) is 23.7 Å². The van der Waals surface area contributed by atoms with Crippen molar-refractivity contribution in [1.82, 2.24) is 24.6 Å². The molecule has 0 N–H and O–H groups in total. The van der Waals surface area contributed by atoms with Crippen LogP contribution in [0.15, 0.2) is 28.7 Å². The van der Waals surface area contributed by atoms with Crippen LogP contribution in [-0.2, 0) is 17.8 Å². The third-order valence-electron chi connectivity index (χ3n) is 4.70. The van der Waals surface area contributed by atoms with Gasteiger partial charge in [0.15, 0.2) is 0 Å². The zero-order chi connectivity index (χ0) is 18.1. The maximum Gasteiger partial charge on any atom is 0.246 e. The lowest BCUT2D eigenvalue weighted by molar-refractivity contribution is -0.0924. The molecule has 0 aliphatic carbocycles. The number of aryl methyl sites for hydroxylation is 2. The standard InChI is InChI=1S/C19H25N5O2/c1-4-9-24-16-8-6-5-7-15(16)20-18(24)12-23-10-13(2)25-17(11-23)19-22-21-14(3)26-19/h5-8,13,17H,4,9-12H2,1-3H3/t13-,17-/m1/s1. The Kier molecular flexibility index (Phi) is 4.74. The molecule has 0 radical (unpaired) electrons. The van der Waals surface area contributed by atoms with Crippen LogP contribution in [-0.4, -0.2) is 43.8 Å². The van der Waals surface area contributed by atoms with Gasteiger partial charge >= 0.3 is 0 Å². The minimum atomic E-state index is -0.191. The molecule has 0 spiro atoms. The van der Waals surface area contributed by atoms with Gasteiger partial charge in [0, 0.05) is 26.6 Å². The Balaban J connectivity index is 1.58. The first-order valence-corrected chi connectivity index (χ1v) is 9.26. The van der Waals surface area contributed by atoms with Crippen molar-refractivity contribution >= 4 is 11.0 Å². The number of para-hydroxylation sites is 2. The molecule has 2 atom stereocenters. The van der Waals surface area contributed by atoms with E-state index >= 15 is 0 Å². The van der Waals surface area contributed by atoms with Gasteiger partial charge in [-0.05, 0) is 25.5 Å². The van der Waals surface area contributed by atoms with Crippen molar-refractivity contribution in [3.63, 3.8) is 0 Å². The highest BCUT2D eigenvalue weighted by Gasteiger charge is 2.30. The molecule has 2 aromatic heterocycles. The first-order chi connectivity index (χ1) is 12.6. The van der Waals surface area contributed by atoms with E-state index in [2.05, 4.69) is 51.7 Å². The van der Waals surface area contributed by atoms with E-state index in [1.165, 1.54) is 5.52 Å². The summed E-state index contributed by atoms with van der Waals surface area (Å²) in [7, 11) is 0. The first-order valence-electron chi connectivity index (χ1n) is 9.26. The van der Waals surface area contributed by atoms with Crippen LogP contribution in [0.25, 0.3) is 11.0 Å². The summed E-state index contributed by atoms with van der Waals surface area (Å²) >= 11 is 0. The van der Waals surface area contributed by atoms with E-state index in [9.17, 15) is 0 Å². The van der Waals surface area contributed by atoms with Crippen molar-refractivity contribution in [2.24, 2.45) is 0 Å². The highest BCUT2D eigenvalue weighted by atomic mass is 16.5. The molecule has 138 valence electrons. The normalized spacial score (nSPS) is 21.5. The number of benzene rings is 1. The van der Waals surface area contributed by atoms with Gasteiger partial charge in [-0.2, -0.15) is 0 Å². The molecular formula is C19H25N5O2. The molecule has 0 amide bonds. The summed E-state index contributed by atoms with van der Waals surface area (Å²) in [6.07, 6.45) is 0.991. The fourth-order valence-electron chi connectivity index (χ4n) is 3.67. The predicted octanol–water partition coefficient (Wildman–Crippen LogP) is 3.10. The number of fused-ring (bicyclic) bond motifs is 1. The monoisotopic (exact) mass is 355 g/mol. The molecule has 1 fully saturated rings. The fraction of sp³-hybridized carbons (Fsp3) is 0.526. The highest BCUT2D eigenvalue weighted by Crippen LogP contribution is 2.26. The summed E-state index contributed by atoms with van der Waals surface area (Å²) in [6, 6.07) is 8.34. The molecule has 3 aromatic rings.